The Hall–Kier alpha value is -2.68. The molecule has 0 saturated carbocycles. The van der Waals surface area contributed by atoms with Crippen LogP contribution in [0.25, 0.3) is 33.3 Å². The fourth-order valence-electron chi connectivity index (χ4n) is 3.78. The van der Waals surface area contributed by atoms with Gasteiger partial charge in [0.1, 0.15) is 7.05 Å². The third-order valence-electron chi connectivity index (χ3n) is 5.10. The number of hydrogen-bond donors (Lipinski definition) is 0. The third-order valence-corrected chi connectivity index (χ3v) is 5.10. The first-order valence-corrected chi connectivity index (χ1v) is 9.39. The van der Waals surface area contributed by atoms with E-state index >= 15 is 0 Å². The van der Waals surface area contributed by atoms with Gasteiger partial charge in [0, 0.05) is 32.2 Å². The summed E-state index contributed by atoms with van der Waals surface area (Å²) in [6, 6.07) is 10.2. The van der Waals surface area contributed by atoms with Crippen LogP contribution in [-0.2, 0) is 13.5 Å². The maximum Gasteiger partial charge on any atom is 0.227 e. The SMILES string of the molecule is [2H]C([2H])([2H])c1c[n+](C)c(-c2c(C)ccc3c2oc2nc(C)ccc23)cc1CC(C)C. The molecule has 0 aliphatic rings. The molecule has 3 nitrogen and oxygen atoms in total. The molecule has 0 saturated heterocycles. The molecule has 1 aromatic carbocycles. The number of aryl methyl sites for hydroxylation is 4. The van der Waals surface area contributed by atoms with E-state index in [1.54, 1.807) is 6.20 Å². The number of hydrogen-bond acceptors (Lipinski definition) is 2. The molecule has 0 aliphatic carbocycles. The zero-order valence-electron chi connectivity index (χ0n) is 19.6. The summed E-state index contributed by atoms with van der Waals surface area (Å²) in [4.78, 5) is 4.56. The van der Waals surface area contributed by atoms with Crippen molar-refractivity contribution in [3.63, 3.8) is 0 Å². The van der Waals surface area contributed by atoms with Gasteiger partial charge in [0.25, 0.3) is 0 Å². The highest BCUT2D eigenvalue weighted by Crippen LogP contribution is 2.36. The Balaban J connectivity index is 2.04. The van der Waals surface area contributed by atoms with Crippen molar-refractivity contribution in [2.75, 3.05) is 0 Å². The van der Waals surface area contributed by atoms with Crippen LogP contribution in [0.5, 0.6) is 0 Å². The smallest absolute Gasteiger partial charge is 0.227 e. The van der Waals surface area contributed by atoms with E-state index < -0.39 is 6.85 Å². The fourth-order valence-corrected chi connectivity index (χ4v) is 3.78. The van der Waals surface area contributed by atoms with E-state index in [0.29, 0.717) is 23.6 Å². The van der Waals surface area contributed by atoms with Gasteiger partial charge in [0.2, 0.25) is 11.4 Å². The first-order valence-electron chi connectivity index (χ1n) is 10.9. The molecule has 0 N–H and O–H groups in total. The average Bonchev–Trinajstić information content (AvgIpc) is 2.99. The number of aromatic nitrogens is 2. The van der Waals surface area contributed by atoms with E-state index in [2.05, 4.69) is 37.9 Å². The van der Waals surface area contributed by atoms with Crippen LogP contribution in [0.15, 0.2) is 40.9 Å². The zero-order chi connectivity index (χ0) is 21.8. The molecule has 3 heteroatoms. The highest BCUT2D eigenvalue weighted by molar-refractivity contribution is 6.08. The van der Waals surface area contributed by atoms with Crippen LogP contribution in [0.4, 0.5) is 0 Å². The summed E-state index contributed by atoms with van der Waals surface area (Å²) in [6.07, 6.45) is 2.46. The zero-order valence-corrected chi connectivity index (χ0v) is 16.6. The maximum absolute atomic E-state index is 7.99. The molecule has 0 aliphatic heterocycles. The second kappa shape index (κ2) is 6.49. The number of fused-ring (bicyclic) bond motifs is 3. The van der Waals surface area contributed by atoms with Gasteiger partial charge in [0.15, 0.2) is 11.8 Å². The van der Waals surface area contributed by atoms with E-state index in [-0.39, 0.29) is 0 Å². The summed E-state index contributed by atoms with van der Waals surface area (Å²) in [7, 11) is 1.90. The number of nitrogens with zero attached hydrogens (tertiary/aromatic N) is 2. The number of pyridine rings is 2. The van der Waals surface area contributed by atoms with E-state index in [0.717, 1.165) is 44.4 Å². The molecule has 27 heavy (non-hydrogen) atoms. The molecule has 0 spiro atoms. The van der Waals surface area contributed by atoms with Crippen LogP contribution >= 0.6 is 0 Å². The number of benzene rings is 1. The molecule has 0 fully saturated rings. The van der Waals surface area contributed by atoms with Gasteiger partial charge < -0.3 is 4.42 Å². The summed E-state index contributed by atoms with van der Waals surface area (Å²) < 4.78 is 32.1. The van der Waals surface area contributed by atoms with E-state index in [1.165, 1.54) is 0 Å². The highest BCUT2D eigenvalue weighted by Gasteiger charge is 2.22. The maximum atomic E-state index is 7.99. The normalized spacial score (nSPS) is 13.9. The Kier molecular flexibility index (Phi) is 3.46. The standard InChI is InChI=1S/C24H27N2O/c1-14(2)11-18-12-21(26(6)13-16(18)4)22-15(3)7-9-19-20-10-8-17(5)25-24(20)27-23(19)22/h7-10,12-14H,11H2,1-6H3/q+1/i4D3. The van der Waals surface area contributed by atoms with Crippen molar-refractivity contribution in [2.24, 2.45) is 13.0 Å². The predicted molar refractivity (Wildman–Crippen MR) is 111 cm³/mol. The van der Waals surface area contributed by atoms with Crippen molar-refractivity contribution in [3.05, 3.63) is 58.9 Å². The molecule has 3 aromatic heterocycles. The number of rotatable bonds is 3. The van der Waals surface area contributed by atoms with Crippen LogP contribution in [-0.4, -0.2) is 4.98 Å². The first kappa shape index (κ1) is 14.4. The van der Waals surface area contributed by atoms with Gasteiger partial charge in [-0.1, -0.05) is 26.0 Å². The molecule has 0 radical (unpaired) electrons. The van der Waals surface area contributed by atoms with Crippen LogP contribution < -0.4 is 4.57 Å². The van der Waals surface area contributed by atoms with Crippen LogP contribution in [0, 0.1) is 26.6 Å². The highest BCUT2D eigenvalue weighted by atomic mass is 16.3. The Morgan fingerprint density at radius 3 is 2.63 bits per heavy atom. The second-order valence-corrected chi connectivity index (χ2v) is 7.85. The van der Waals surface area contributed by atoms with Crippen molar-refractivity contribution in [1.29, 1.82) is 0 Å². The summed E-state index contributed by atoms with van der Waals surface area (Å²) in [6.45, 7) is 6.07. The lowest BCUT2D eigenvalue weighted by Gasteiger charge is -2.11. The minimum atomic E-state index is -2.15. The van der Waals surface area contributed by atoms with Crippen LogP contribution in [0.1, 0.15) is 40.3 Å². The Bertz CT molecular complexity index is 1270. The van der Waals surface area contributed by atoms with E-state index in [1.807, 2.05) is 36.7 Å². The molecular formula is C24H27N2O+. The quantitative estimate of drug-likeness (QED) is 0.444. The predicted octanol–water partition coefficient (Wildman–Crippen LogP) is 5.60. The Morgan fingerprint density at radius 2 is 1.89 bits per heavy atom. The fraction of sp³-hybridized carbons (Fsp3) is 0.333. The van der Waals surface area contributed by atoms with Gasteiger partial charge >= 0.3 is 0 Å². The van der Waals surface area contributed by atoms with E-state index in [9.17, 15) is 0 Å². The van der Waals surface area contributed by atoms with E-state index in [4.69, 9.17) is 8.53 Å². The van der Waals surface area contributed by atoms with Gasteiger partial charge in [-0.05, 0) is 56.3 Å². The molecule has 0 atom stereocenters. The molecular weight excluding hydrogens is 332 g/mol. The minimum absolute atomic E-state index is 0.349. The average molecular weight is 363 g/mol. The monoisotopic (exact) mass is 362 g/mol. The van der Waals surface area contributed by atoms with Crippen molar-refractivity contribution < 1.29 is 13.1 Å². The molecule has 4 rings (SSSR count). The summed E-state index contributed by atoms with van der Waals surface area (Å²) >= 11 is 0. The topological polar surface area (TPSA) is 29.9 Å². The summed E-state index contributed by atoms with van der Waals surface area (Å²) in [5.74, 6) is 0.349. The Labute approximate surface area is 164 Å². The molecule has 0 unspecified atom stereocenters. The molecule has 3 heterocycles. The molecule has 4 aromatic rings. The summed E-state index contributed by atoms with van der Waals surface area (Å²) in [5.41, 5.74) is 6.59. The Morgan fingerprint density at radius 1 is 1.11 bits per heavy atom. The second-order valence-electron chi connectivity index (χ2n) is 7.85. The third kappa shape index (κ3) is 3.01. The van der Waals surface area contributed by atoms with Crippen molar-refractivity contribution in [3.8, 4) is 11.3 Å². The lowest BCUT2D eigenvalue weighted by atomic mass is 9.95. The van der Waals surface area contributed by atoms with Gasteiger partial charge in [0.05, 0.1) is 5.56 Å². The van der Waals surface area contributed by atoms with Crippen LogP contribution in [0.3, 0.4) is 0 Å². The van der Waals surface area contributed by atoms with Gasteiger partial charge in [-0.3, -0.25) is 0 Å². The van der Waals surface area contributed by atoms with Crippen molar-refractivity contribution >= 4 is 22.1 Å². The lowest BCUT2D eigenvalue weighted by molar-refractivity contribution is -0.660. The van der Waals surface area contributed by atoms with Crippen molar-refractivity contribution in [2.45, 2.75) is 41.0 Å². The molecule has 138 valence electrons. The summed E-state index contributed by atoms with van der Waals surface area (Å²) in [5, 5.41) is 2.00. The van der Waals surface area contributed by atoms with Gasteiger partial charge in [-0.2, -0.15) is 0 Å². The largest absolute Gasteiger partial charge is 0.437 e. The molecule has 0 amide bonds. The first-order chi connectivity index (χ1) is 14.1. The van der Waals surface area contributed by atoms with Gasteiger partial charge in [-0.25, -0.2) is 9.55 Å². The van der Waals surface area contributed by atoms with Crippen LogP contribution in [0.2, 0.25) is 0 Å². The minimum Gasteiger partial charge on any atom is -0.437 e. The molecule has 0 bridgehead atoms. The van der Waals surface area contributed by atoms with Crippen molar-refractivity contribution in [1.82, 2.24) is 4.98 Å². The van der Waals surface area contributed by atoms with Gasteiger partial charge in [-0.15, -0.1) is 0 Å². The number of furan rings is 1. The lowest BCUT2D eigenvalue weighted by Crippen LogP contribution is -2.32.